The van der Waals surface area contributed by atoms with Crippen LogP contribution in [0, 0.1) is 24.7 Å². The van der Waals surface area contributed by atoms with E-state index in [9.17, 15) is 9.59 Å². The fourth-order valence-electron chi connectivity index (χ4n) is 4.77. The predicted octanol–water partition coefficient (Wildman–Crippen LogP) is 3.98. The lowest BCUT2D eigenvalue weighted by atomic mass is 9.72. The maximum absolute atomic E-state index is 13.0. The molecule has 0 N–H and O–H groups in total. The van der Waals surface area contributed by atoms with Crippen molar-refractivity contribution in [2.45, 2.75) is 44.2 Å². The van der Waals surface area contributed by atoms with Crippen LogP contribution in [0.4, 0.5) is 4.79 Å². The van der Waals surface area contributed by atoms with Gasteiger partial charge in [0.1, 0.15) is 5.69 Å². The minimum Gasteiger partial charge on any atom is -0.453 e. The lowest BCUT2D eigenvalue weighted by Gasteiger charge is -2.42. The van der Waals surface area contributed by atoms with Gasteiger partial charge < -0.3 is 14.4 Å². The van der Waals surface area contributed by atoms with Gasteiger partial charge >= 0.3 is 12.1 Å². The third kappa shape index (κ3) is 4.27. The molecule has 1 aliphatic heterocycles. The van der Waals surface area contributed by atoms with E-state index in [1.54, 1.807) is 29.3 Å². The number of nitrogens with zero attached hydrogens (tertiary/aromatic N) is 2. The zero-order chi connectivity index (χ0) is 21.8. The van der Waals surface area contributed by atoms with Gasteiger partial charge in [0.2, 0.25) is 0 Å². The molecule has 1 amide bonds. The summed E-state index contributed by atoms with van der Waals surface area (Å²) in [6.07, 6.45) is 4.20. The number of hydrogen-bond acceptors (Lipinski definition) is 5. The predicted molar refractivity (Wildman–Crippen MR) is 115 cm³/mol. The van der Waals surface area contributed by atoms with E-state index in [1.807, 2.05) is 31.2 Å². The number of benzene rings is 1. The lowest BCUT2D eigenvalue weighted by Crippen LogP contribution is -2.51. The first-order valence-corrected chi connectivity index (χ1v) is 10.6. The van der Waals surface area contributed by atoms with Gasteiger partial charge in [-0.1, -0.05) is 24.1 Å². The second-order valence-corrected chi connectivity index (χ2v) is 8.13. The number of amides is 1. The molecule has 2 aromatic rings. The molecule has 4 rings (SSSR count). The molecule has 31 heavy (non-hydrogen) atoms. The summed E-state index contributed by atoms with van der Waals surface area (Å²) in [4.78, 5) is 31.2. The normalized spacial score (nSPS) is 24.5. The number of fused-ring (bicyclic) bond motifs is 1. The molecular weight excluding hydrogens is 392 g/mol. The molecule has 3 atom stereocenters. The van der Waals surface area contributed by atoms with Crippen LogP contribution in [0.25, 0.3) is 0 Å². The van der Waals surface area contributed by atoms with Crippen molar-refractivity contribution in [2.24, 2.45) is 5.92 Å². The van der Waals surface area contributed by atoms with E-state index in [0.29, 0.717) is 19.4 Å². The molecule has 6 nitrogen and oxygen atoms in total. The van der Waals surface area contributed by atoms with Crippen molar-refractivity contribution in [3.63, 3.8) is 0 Å². The number of likely N-dealkylation sites (tertiary alicyclic amines) is 1. The van der Waals surface area contributed by atoms with Crippen LogP contribution in [0.3, 0.4) is 0 Å². The Bertz CT molecular complexity index is 1030. The largest absolute Gasteiger partial charge is 0.453 e. The highest BCUT2D eigenvalue weighted by Crippen LogP contribution is 2.45. The molecule has 6 heteroatoms. The fraction of sp³-hybridized carbons (Fsp3) is 0.400. The summed E-state index contributed by atoms with van der Waals surface area (Å²) in [7, 11) is 1.39. The van der Waals surface area contributed by atoms with Crippen LogP contribution < -0.4 is 0 Å². The van der Waals surface area contributed by atoms with Crippen molar-refractivity contribution in [3.8, 4) is 11.8 Å². The van der Waals surface area contributed by atoms with Crippen molar-refractivity contribution < 1.29 is 19.1 Å². The van der Waals surface area contributed by atoms with E-state index in [2.05, 4.69) is 16.8 Å². The first kappa shape index (κ1) is 20.9. The smallest absolute Gasteiger partial charge is 0.409 e. The third-order valence-corrected chi connectivity index (χ3v) is 6.19. The van der Waals surface area contributed by atoms with Gasteiger partial charge in [0, 0.05) is 30.3 Å². The average molecular weight is 418 g/mol. The Morgan fingerprint density at radius 2 is 2.06 bits per heavy atom. The van der Waals surface area contributed by atoms with Crippen LogP contribution >= 0.6 is 0 Å². The van der Waals surface area contributed by atoms with Crippen LogP contribution in [0.5, 0.6) is 0 Å². The maximum atomic E-state index is 13.0. The quantitative estimate of drug-likeness (QED) is 0.545. The van der Waals surface area contributed by atoms with Crippen molar-refractivity contribution in [1.29, 1.82) is 0 Å². The molecule has 1 aromatic carbocycles. The molecule has 1 aliphatic carbocycles. The average Bonchev–Trinajstić information content (AvgIpc) is 3.23. The van der Waals surface area contributed by atoms with Crippen molar-refractivity contribution in [2.75, 3.05) is 13.7 Å². The molecule has 1 aromatic heterocycles. The number of carbonyl (C=O) groups is 2. The summed E-state index contributed by atoms with van der Waals surface area (Å²) < 4.78 is 11.1. The van der Waals surface area contributed by atoms with Gasteiger partial charge in [-0.2, -0.15) is 0 Å². The molecular formula is C25H26N2O4. The lowest BCUT2D eigenvalue weighted by molar-refractivity contribution is -0.0449. The Kier molecular flexibility index (Phi) is 5.94. The standard InChI is InChI=1S/C25H26N2O4/c1-18-7-5-8-19(17-18)11-14-25(31-23(28)21-9-3-4-15-26-21)13-6-10-22-20(25)12-16-27(22)24(29)30-2/h3-5,7-9,15,17,20,22H,6,10,12-13,16H2,1-2H3/t20-,22-,25-/m1/s1. The molecule has 160 valence electrons. The number of esters is 1. The molecule has 0 bridgehead atoms. The van der Waals surface area contributed by atoms with Gasteiger partial charge in [0.05, 0.1) is 7.11 Å². The van der Waals surface area contributed by atoms with Gasteiger partial charge in [-0.05, 0) is 68.4 Å². The summed E-state index contributed by atoms with van der Waals surface area (Å²) in [6.45, 7) is 2.58. The zero-order valence-electron chi connectivity index (χ0n) is 17.8. The van der Waals surface area contributed by atoms with E-state index in [0.717, 1.165) is 24.0 Å². The third-order valence-electron chi connectivity index (χ3n) is 6.19. The highest BCUT2D eigenvalue weighted by Gasteiger charge is 2.54. The fourth-order valence-corrected chi connectivity index (χ4v) is 4.77. The Hall–Kier alpha value is -3.33. The second kappa shape index (κ2) is 8.81. The molecule has 0 spiro atoms. The Morgan fingerprint density at radius 3 is 2.81 bits per heavy atom. The Labute approximate surface area is 182 Å². The number of pyridine rings is 1. The van der Waals surface area contributed by atoms with Crippen LogP contribution in [0.15, 0.2) is 48.7 Å². The van der Waals surface area contributed by atoms with E-state index in [4.69, 9.17) is 9.47 Å². The van der Waals surface area contributed by atoms with Gasteiger partial charge in [-0.3, -0.25) is 0 Å². The molecule has 1 saturated heterocycles. The van der Waals surface area contributed by atoms with E-state index in [-0.39, 0.29) is 23.7 Å². The van der Waals surface area contributed by atoms with Gasteiger partial charge in [0.15, 0.2) is 5.60 Å². The molecule has 2 aliphatic rings. The SMILES string of the molecule is COC(=O)N1CC[C@@H]2[C@H]1CCC[C@]2(C#Cc1cccc(C)c1)OC(=O)c1ccccn1. The minimum absolute atomic E-state index is 0.0652. The van der Waals surface area contributed by atoms with Crippen molar-refractivity contribution >= 4 is 12.1 Å². The Balaban J connectivity index is 1.71. The first-order chi connectivity index (χ1) is 15.0. The number of carbonyl (C=O) groups excluding carboxylic acids is 2. The number of aryl methyl sites for hydroxylation is 1. The van der Waals surface area contributed by atoms with Gasteiger partial charge in [-0.25, -0.2) is 14.6 Å². The van der Waals surface area contributed by atoms with E-state index in [1.165, 1.54) is 7.11 Å². The van der Waals surface area contributed by atoms with Gasteiger partial charge in [0.25, 0.3) is 0 Å². The molecule has 0 unspecified atom stereocenters. The second-order valence-electron chi connectivity index (χ2n) is 8.13. The number of rotatable bonds is 2. The van der Waals surface area contributed by atoms with Crippen molar-refractivity contribution in [3.05, 3.63) is 65.5 Å². The molecule has 0 radical (unpaired) electrons. The number of hydrogen-bond donors (Lipinski definition) is 0. The number of methoxy groups -OCH3 is 1. The summed E-state index contributed by atoms with van der Waals surface area (Å²) in [5, 5.41) is 0. The summed E-state index contributed by atoms with van der Waals surface area (Å²) in [6, 6.07) is 13.0. The topological polar surface area (TPSA) is 68.7 Å². The molecule has 2 fully saturated rings. The summed E-state index contributed by atoms with van der Waals surface area (Å²) in [5.74, 6) is 6.00. The Morgan fingerprint density at radius 1 is 1.19 bits per heavy atom. The van der Waals surface area contributed by atoms with Crippen LogP contribution in [-0.4, -0.2) is 47.2 Å². The summed E-state index contributed by atoms with van der Waals surface area (Å²) in [5.41, 5.74) is 1.26. The zero-order valence-corrected chi connectivity index (χ0v) is 17.8. The van der Waals surface area contributed by atoms with E-state index < -0.39 is 11.6 Å². The number of aromatic nitrogens is 1. The van der Waals surface area contributed by atoms with Crippen LogP contribution in [0.2, 0.25) is 0 Å². The first-order valence-electron chi connectivity index (χ1n) is 10.6. The van der Waals surface area contributed by atoms with Crippen LogP contribution in [0.1, 0.15) is 47.3 Å². The maximum Gasteiger partial charge on any atom is 0.409 e. The minimum atomic E-state index is -0.982. The van der Waals surface area contributed by atoms with Crippen LogP contribution in [-0.2, 0) is 9.47 Å². The monoisotopic (exact) mass is 418 g/mol. The molecule has 2 heterocycles. The van der Waals surface area contributed by atoms with Crippen molar-refractivity contribution in [1.82, 2.24) is 9.88 Å². The number of ether oxygens (including phenoxy) is 2. The highest BCUT2D eigenvalue weighted by atomic mass is 16.6. The summed E-state index contributed by atoms with van der Waals surface area (Å²) >= 11 is 0. The van der Waals surface area contributed by atoms with E-state index >= 15 is 0 Å². The highest BCUT2D eigenvalue weighted by molar-refractivity contribution is 5.87. The van der Waals surface area contributed by atoms with Gasteiger partial charge in [-0.15, -0.1) is 0 Å². The molecule has 1 saturated carbocycles.